The third-order valence-electron chi connectivity index (χ3n) is 5.43. The molecule has 1 fully saturated rings. The van der Waals surface area contributed by atoms with Crippen LogP contribution in [0.25, 0.3) is 6.08 Å². The summed E-state index contributed by atoms with van der Waals surface area (Å²) in [5.41, 5.74) is 3.33. The maximum atomic E-state index is 12.6. The molecular weight excluding hydrogens is 436 g/mol. The first-order valence-electron chi connectivity index (χ1n) is 10.9. The zero-order valence-electron chi connectivity index (χ0n) is 17.9. The zero-order chi connectivity index (χ0) is 22.9. The highest BCUT2D eigenvalue weighted by Crippen LogP contribution is 2.38. The second-order valence-electron chi connectivity index (χ2n) is 7.83. The highest BCUT2D eigenvalue weighted by Gasteiger charge is 2.23. The molecule has 174 valence electrons. The van der Waals surface area contributed by atoms with Gasteiger partial charge in [-0.3, -0.25) is 15.1 Å². The number of cyclic esters (lactones) is 1. The lowest BCUT2D eigenvalue weighted by Gasteiger charge is -2.26. The van der Waals surface area contributed by atoms with E-state index in [4.69, 9.17) is 21.2 Å². The third kappa shape index (κ3) is 6.40. The number of piperidine rings is 1. The van der Waals surface area contributed by atoms with Gasteiger partial charge in [-0.1, -0.05) is 23.8 Å². The first-order valence-corrected chi connectivity index (χ1v) is 11.3. The van der Waals surface area contributed by atoms with Crippen molar-refractivity contribution < 1.29 is 29.4 Å². The Morgan fingerprint density at radius 2 is 1.91 bits per heavy atom. The molecule has 1 aromatic carbocycles. The Morgan fingerprint density at radius 3 is 2.69 bits per heavy atom. The number of allylic oxidation sites excluding steroid dienone is 2. The van der Waals surface area contributed by atoms with Gasteiger partial charge >= 0.3 is 5.97 Å². The number of rotatable bonds is 4. The van der Waals surface area contributed by atoms with Crippen molar-refractivity contribution >= 4 is 29.6 Å². The standard InChI is InChI=1S/C23H29ClN2O6/c24-22-17-13-16(25-32-15-20(29)26-10-6-4-7-11-26)9-5-2-1-3-8-12-31-23(30)21(17)18(27)14-19(22)28/h3,8,13-14,25,27-28H,1-2,4-7,9-12,15H2/b8-3?,16-13-. The fourth-order valence-electron chi connectivity index (χ4n) is 3.71. The normalized spacial score (nSPS) is 19.5. The van der Waals surface area contributed by atoms with E-state index >= 15 is 0 Å². The molecule has 0 bridgehead atoms. The summed E-state index contributed by atoms with van der Waals surface area (Å²) < 4.78 is 5.22. The molecule has 2 aliphatic rings. The van der Waals surface area contributed by atoms with E-state index in [1.165, 1.54) is 6.08 Å². The lowest BCUT2D eigenvalue weighted by atomic mass is 10.0. The van der Waals surface area contributed by atoms with E-state index in [9.17, 15) is 19.8 Å². The van der Waals surface area contributed by atoms with Crippen LogP contribution >= 0.6 is 11.6 Å². The molecule has 8 nitrogen and oxygen atoms in total. The number of carbonyl (C=O) groups is 2. The summed E-state index contributed by atoms with van der Waals surface area (Å²) in [7, 11) is 0. The van der Waals surface area contributed by atoms with E-state index in [-0.39, 0.29) is 41.0 Å². The molecule has 0 saturated carbocycles. The summed E-state index contributed by atoms with van der Waals surface area (Å²) >= 11 is 6.27. The number of esters is 1. The van der Waals surface area contributed by atoms with Crippen LogP contribution < -0.4 is 5.48 Å². The monoisotopic (exact) mass is 464 g/mol. The number of likely N-dealkylation sites (tertiary alicyclic amines) is 1. The third-order valence-corrected chi connectivity index (χ3v) is 5.83. The Kier molecular flexibility index (Phi) is 8.81. The predicted octanol–water partition coefficient (Wildman–Crippen LogP) is 3.91. The second kappa shape index (κ2) is 11.8. The van der Waals surface area contributed by atoms with Crippen LogP contribution in [0.2, 0.25) is 5.02 Å². The molecule has 3 rings (SSSR count). The van der Waals surface area contributed by atoms with Gasteiger partial charge in [-0.25, -0.2) is 4.79 Å². The minimum absolute atomic E-state index is 0.0623. The van der Waals surface area contributed by atoms with Gasteiger partial charge in [-0.2, -0.15) is 0 Å². The highest BCUT2D eigenvalue weighted by atomic mass is 35.5. The Bertz CT molecular complexity index is 893. The smallest absolute Gasteiger partial charge is 0.342 e. The van der Waals surface area contributed by atoms with E-state index < -0.39 is 11.7 Å². The van der Waals surface area contributed by atoms with E-state index in [2.05, 4.69) is 5.48 Å². The lowest BCUT2D eigenvalue weighted by Crippen LogP contribution is -2.39. The van der Waals surface area contributed by atoms with Gasteiger partial charge in [0.15, 0.2) is 6.61 Å². The highest BCUT2D eigenvalue weighted by molar-refractivity contribution is 6.34. The summed E-state index contributed by atoms with van der Waals surface area (Å²) in [5, 5.41) is 20.3. The summed E-state index contributed by atoms with van der Waals surface area (Å²) in [6.07, 6.45) is 11.4. The first-order chi connectivity index (χ1) is 15.5. The second-order valence-corrected chi connectivity index (χ2v) is 8.21. The topological polar surface area (TPSA) is 108 Å². The van der Waals surface area contributed by atoms with Crippen molar-refractivity contribution in [2.75, 3.05) is 26.3 Å². The van der Waals surface area contributed by atoms with Crippen LogP contribution in [-0.2, 0) is 14.4 Å². The van der Waals surface area contributed by atoms with Crippen LogP contribution in [0.1, 0.15) is 60.9 Å². The van der Waals surface area contributed by atoms with Crippen LogP contribution in [0.3, 0.4) is 0 Å². The number of hydrogen-bond donors (Lipinski definition) is 3. The molecule has 3 N–H and O–H groups in total. The molecule has 0 unspecified atom stereocenters. The van der Waals surface area contributed by atoms with Crippen LogP contribution in [-0.4, -0.2) is 53.3 Å². The van der Waals surface area contributed by atoms with Gasteiger partial charge in [0.25, 0.3) is 5.91 Å². The fraction of sp³-hybridized carbons (Fsp3) is 0.478. The van der Waals surface area contributed by atoms with Gasteiger partial charge in [0, 0.05) is 30.4 Å². The largest absolute Gasteiger partial charge is 0.507 e. The molecule has 9 heteroatoms. The molecule has 0 spiro atoms. The minimum atomic E-state index is -0.764. The van der Waals surface area contributed by atoms with Crippen molar-refractivity contribution in [1.82, 2.24) is 10.4 Å². The van der Waals surface area contributed by atoms with E-state index in [0.717, 1.165) is 57.7 Å². The molecule has 0 aromatic heterocycles. The number of phenolic OH excluding ortho intramolecular Hbond substituents is 2. The van der Waals surface area contributed by atoms with E-state index in [1.54, 1.807) is 11.0 Å². The van der Waals surface area contributed by atoms with Crippen LogP contribution in [0.15, 0.2) is 23.9 Å². The Morgan fingerprint density at radius 1 is 1.12 bits per heavy atom. The number of nitrogens with one attached hydrogen (secondary N) is 1. The van der Waals surface area contributed by atoms with Gasteiger partial charge in [-0.15, -0.1) is 0 Å². The number of amides is 1. The summed E-state index contributed by atoms with van der Waals surface area (Å²) in [5.74, 6) is -1.66. The molecule has 1 amide bonds. The minimum Gasteiger partial charge on any atom is -0.507 e. The fourth-order valence-corrected chi connectivity index (χ4v) is 3.92. The number of carbonyl (C=O) groups excluding carboxylic acids is 2. The number of hydroxylamine groups is 1. The number of nitrogens with zero attached hydrogens (tertiary/aromatic N) is 1. The van der Waals surface area contributed by atoms with Crippen molar-refractivity contribution in [3.8, 4) is 11.5 Å². The van der Waals surface area contributed by atoms with Gasteiger partial charge in [0.1, 0.15) is 23.7 Å². The maximum Gasteiger partial charge on any atom is 0.342 e. The molecule has 0 radical (unpaired) electrons. The summed E-state index contributed by atoms with van der Waals surface area (Å²) in [6.45, 7) is 1.41. The number of ether oxygens (including phenoxy) is 1. The van der Waals surface area contributed by atoms with Crippen molar-refractivity contribution in [2.45, 2.75) is 44.9 Å². The van der Waals surface area contributed by atoms with Crippen molar-refractivity contribution in [3.05, 3.63) is 40.1 Å². The van der Waals surface area contributed by atoms with Gasteiger partial charge in [0.2, 0.25) is 0 Å². The molecule has 0 aliphatic carbocycles. The molecule has 32 heavy (non-hydrogen) atoms. The Hall–Kier alpha value is -2.71. The predicted molar refractivity (Wildman–Crippen MR) is 120 cm³/mol. The number of fused-ring (bicyclic) bond motifs is 1. The Balaban J connectivity index is 1.82. The number of halogens is 1. The van der Waals surface area contributed by atoms with Gasteiger partial charge in [0.05, 0.1) is 5.02 Å². The lowest BCUT2D eigenvalue weighted by molar-refractivity contribution is -0.139. The van der Waals surface area contributed by atoms with Crippen LogP contribution in [0.5, 0.6) is 11.5 Å². The maximum absolute atomic E-state index is 12.6. The van der Waals surface area contributed by atoms with Gasteiger partial charge in [-0.05, 0) is 51.0 Å². The number of aromatic hydroxyl groups is 2. The van der Waals surface area contributed by atoms with Crippen molar-refractivity contribution in [2.24, 2.45) is 0 Å². The number of phenols is 2. The first kappa shape index (κ1) is 23.9. The van der Waals surface area contributed by atoms with E-state index in [1.807, 2.05) is 6.08 Å². The number of hydrogen-bond acceptors (Lipinski definition) is 7. The van der Waals surface area contributed by atoms with Gasteiger partial charge < -0.3 is 19.8 Å². The molecule has 1 saturated heterocycles. The number of benzene rings is 1. The molecular formula is C23H29ClN2O6. The van der Waals surface area contributed by atoms with Crippen molar-refractivity contribution in [1.29, 1.82) is 0 Å². The van der Waals surface area contributed by atoms with Crippen LogP contribution in [0.4, 0.5) is 0 Å². The molecule has 0 atom stereocenters. The molecule has 1 aromatic rings. The molecule has 2 heterocycles. The summed E-state index contributed by atoms with van der Waals surface area (Å²) in [4.78, 5) is 32.2. The average Bonchev–Trinajstić information content (AvgIpc) is 2.80. The zero-order valence-corrected chi connectivity index (χ0v) is 18.7. The Labute approximate surface area is 192 Å². The quantitative estimate of drug-likeness (QED) is 0.352. The van der Waals surface area contributed by atoms with Crippen molar-refractivity contribution in [3.63, 3.8) is 0 Å². The van der Waals surface area contributed by atoms with Crippen LogP contribution in [0, 0.1) is 0 Å². The molecule has 2 aliphatic heterocycles. The van der Waals surface area contributed by atoms with E-state index in [0.29, 0.717) is 12.1 Å². The SMILES string of the molecule is O=C1OCC=CCCCC/C(NOCC(=O)N2CCCCC2)=C/c2c(Cl)c(O)cc(O)c21. The average molecular weight is 465 g/mol. The summed E-state index contributed by atoms with van der Waals surface area (Å²) in [6, 6.07) is 1.01.